The molecule has 0 saturated heterocycles. The van der Waals surface area contributed by atoms with E-state index in [0.717, 1.165) is 28.6 Å². The molecule has 2 N–H and O–H groups in total. The monoisotopic (exact) mass is 318 g/mol. The van der Waals surface area contributed by atoms with Crippen molar-refractivity contribution in [2.75, 3.05) is 6.54 Å². The first-order valence-corrected chi connectivity index (χ1v) is 7.04. The maximum atomic E-state index is 13.5. The zero-order valence-electron chi connectivity index (χ0n) is 12.0. The van der Waals surface area contributed by atoms with Crippen LogP contribution in [0.15, 0.2) is 42.6 Å². The van der Waals surface area contributed by atoms with Crippen molar-refractivity contribution in [3.05, 3.63) is 71.2 Å². The van der Waals surface area contributed by atoms with Gasteiger partial charge in [-0.3, -0.25) is 4.79 Å². The molecule has 0 unspecified atom stereocenters. The SMILES string of the molecule is O=C(NCCc1ccc2[nH]ccc2c1)c1ccc(F)c(F)c1F. The number of hydrogen-bond donors (Lipinski definition) is 2. The average molecular weight is 318 g/mol. The summed E-state index contributed by atoms with van der Waals surface area (Å²) in [5.41, 5.74) is 1.51. The Morgan fingerprint density at radius 2 is 1.87 bits per heavy atom. The van der Waals surface area contributed by atoms with Gasteiger partial charge in [-0.25, -0.2) is 13.2 Å². The van der Waals surface area contributed by atoms with Gasteiger partial charge in [0.15, 0.2) is 17.5 Å². The summed E-state index contributed by atoms with van der Waals surface area (Å²) in [4.78, 5) is 14.9. The lowest BCUT2D eigenvalue weighted by Gasteiger charge is -2.07. The van der Waals surface area contributed by atoms with Gasteiger partial charge < -0.3 is 10.3 Å². The number of fused-ring (bicyclic) bond motifs is 1. The largest absolute Gasteiger partial charge is 0.361 e. The Labute approximate surface area is 130 Å². The molecule has 0 atom stereocenters. The molecule has 2 aromatic carbocycles. The molecule has 1 aromatic heterocycles. The summed E-state index contributed by atoms with van der Waals surface area (Å²) in [6.07, 6.45) is 2.38. The van der Waals surface area contributed by atoms with E-state index in [-0.39, 0.29) is 6.54 Å². The van der Waals surface area contributed by atoms with Gasteiger partial charge in [-0.05, 0) is 47.7 Å². The second kappa shape index (κ2) is 6.16. The highest BCUT2D eigenvalue weighted by Gasteiger charge is 2.18. The molecular formula is C17H13F3N2O. The van der Waals surface area contributed by atoms with Gasteiger partial charge in [0.25, 0.3) is 5.91 Å². The summed E-state index contributed by atoms with van der Waals surface area (Å²) in [7, 11) is 0. The van der Waals surface area contributed by atoms with E-state index in [1.165, 1.54) is 0 Å². The molecule has 0 aliphatic rings. The van der Waals surface area contributed by atoms with Gasteiger partial charge in [0.1, 0.15) is 0 Å². The number of nitrogens with one attached hydrogen (secondary N) is 2. The second-order valence-corrected chi connectivity index (χ2v) is 5.13. The minimum Gasteiger partial charge on any atom is -0.361 e. The van der Waals surface area contributed by atoms with Gasteiger partial charge in [-0.1, -0.05) is 6.07 Å². The Hall–Kier alpha value is -2.76. The van der Waals surface area contributed by atoms with Crippen LogP contribution in [0.25, 0.3) is 10.9 Å². The normalized spacial score (nSPS) is 10.9. The zero-order chi connectivity index (χ0) is 16.4. The Bertz CT molecular complexity index is 873. The first-order chi connectivity index (χ1) is 11.1. The van der Waals surface area contributed by atoms with Crippen LogP contribution in [0.5, 0.6) is 0 Å². The fraction of sp³-hybridized carbons (Fsp3) is 0.118. The molecule has 3 rings (SSSR count). The molecule has 0 aliphatic heterocycles. The van der Waals surface area contributed by atoms with Crippen molar-refractivity contribution in [2.45, 2.75) is 6.42 Å². The number of rotatable bonds is 4. The van der Waals surface area contributed by atoms with E-state index in [1.54, 1.807) is 0 Å². The summed E-state index contributed by atoms with van der Waals surface area (Å²) in [6, 6.07) is 9.43. The molecule has 3 nitrogen and oxygen atoms in total. The highest BCUT2D eigenvalue weighted by Crippen LogP contribution is 2.16. The number of hydrogen-bond acceptors (Lipinski definition) is 1. The summed E-state index contributed by atoms with van der Waals surface area (Å²) in [5, 5.41) is 3.56. The smallest absolute Gasteiger partial charge is 0.254 e. The van der Waals surface area contributed by atoms with Crippen molar-refractivity contribution in [2.24, 2.45) is 0 Å². The summed E-state index contributed by atoms with van der Waals surface area (Å²) in [5.74, 6) is -5.21. The average Bonchev–Trinajstić information content (AvgIpc) is 3.00. The van der Waals surface area contributed by atoms with Gasteiger partial charge in [0.2, 0.25) is 0 Å². The third-order valence-electron chi connectivity index (χ3n) is 3.60. The molecule has 0 aliphatic carbocycles. The molecule has 0 bridgehead atoms. The second-order valence-electron chi connectivity index (χ2n) is 5.13. The van der Waals surface area contributed by atoms with E-state index in [4.69, 9.17) is 0 Å². The quantitative estimate of drug-likeness (QED) is 0.710. The van der Waals surface area contributed by atoms with Crippen molar-refractivity contribution in [1.82, 2.24) is 10.3 Å². The number of amides is 1. The highest BCUT2D eigenvalue weighted by molar-refractivity contribution is 5.94. The highest BCUT2D eigenvalue weighted by atomic mass is 19.2. The van der Waals surface area contributed by atoms with Crippen molar-refractivity contribution in [1.29, 1.82) is 0 Å². The Balaban J connectivity index is 1.64. The molecule has 3 aromatic rings. The maximum absolute atomic E-state index is 13.5. The first kappa shape index (κ1) is 15.1. The van der Waals surface area contributed by atoms with Crippen LogP contribution >= 0.6 is 0 Å². The molecule has 0 saturated carbocycles. The van der Waals surface area contributed by atoms with Crippen LogP contribution in [-0.4, -0.2) is 17.4 Å². The molecule has 0 radical (unpaired) electrons. The predicted octanol–water partition coefficient (Wildman–Crippen LogP) is 3.56. The van der Waals surface area contributed by atoms with Crippen LogP contribution < -0.4 is 5.32 Å². The third-order valence-corrected chi connectivity index (χ3v) is 3.60. The number of aromatic amines is 1. The van der Waals surface area contributed by atoms with Crippen molar-refractivity contribution >= 4 is 16.8 Å². The van der Waals surface area contributed by atoms with Crippen LogP contribution in [0.4, 0.5) is 13.2 Å². The number of carbonyl (C=O) groups is 1. The standard InChI is InChI=1S/C17H13F3N2O/c18-13-3-2-12(15(19)16(13)20)17(23)22-7-5-10-1-4-14-11(9-10)6-8-21-14/h1-4,6,8-9,21H,5,7H2,(H,22,23). The first-order valence-electron chi connectivity index (χ1n) is 7.04. The van der Waals surface area contributed by atoms with E-state index in [2.05, 4.69) is 10.3 Å². The van der Waals surface area contributed by atoms with Gasteiger partial charge in [-0.2, -0.15) is 0 Å². The van der Waals surface area contributed by atoms with Crippen molar-refractivity contribution < 1.29 is 18.0 Å². The molecule has 23 heavy (non-hydrogen) atoms. The Kier molecular flexibility index (Phi) is 4.06. The number of carbonyl (C=O) groups excluding carboxylic acids is 1. The molecule has 1 amide bonds. The maximum Gasteiger partial charge on any atom is 0.254 e. The van der Waals surface area contributed by atoms with Crippen molar-refractivity contribution in [3.63, 3.8) is 0 Å². The summed E-state index contributed by atoms with van der Waals surface area (Å²) in [6.45, 7) is 0.257. The Morgan fingerprint density at radius 3 is 2.70 bits per heavy atom. The molecular weight excluding hydrogens is 305 g/mol. The van der Waals surface area contributed by atoms with Gasteiger partial charge >= 0.3 is 0 Å². The summed E-state index contributed by atoms with van der Waals surface area (Å²) >= 11 is 0. The van der Waals surface area contributed by atoms with E-state index in [1.807, 2.05) is 30.5 Å². The van der Waals surface area contributed by atoms with Crippen molar-refractivity contribution in [3.8, 4) is 0 Å². The minimum absolute atomic E-state index is 0.257. The number of benzene rings is 2. The number of halogens is 3. The van der Waals surface area contributed by atoms with Crippen LogP contribution in [0, 0.1) is 17.5 Å². The number of H-pyrrole nitrogens is 1. The van der Waals surface area contributed by atoms with Crippen LogP contribution in [-0.2, 0) is 6.42 Å². The fourth-order valence-corrected chi connectivity index (χ4v) is 2.38. The molecule has 118 valence electrons. The van der Waals surface area contributed by atoms with E-state index >= 15 is 0 Å². The van der Waals surface area contributed by atoms with E-state index in [9.17, 15) is 18.0 Å². The topological polar surface area (TPSA) is 44.9 Å². The van der Waals surface area contributed by atoms with Crippen LogP contribution in [0.1, 0.15) is 15.9 Å². The fourth-order valence-electron chi connectivity index (χ4n) is 2.38. The van der Waals surface area contributed by atoms with Crippen LogP contribution in [0.3, 0.4) is 0 Å². The molecule has 0 fully saturated rings. The lowest BCUT2D eigenvalue weighted by atomic mass is 10.1. The molecule has 1 heterocycles. The van der Waals surface area contributed by atoms with Gasteiger partial charge in [0, 0.05) is 18.3 Å². The summed E-state index contributed by atoms with van der Waals surface area (Å²) < 4.78 is 39.5. The van der Waals surface area contributed by atoms with E-state index < -0.39 is 28.9 Å². The lowest BCUT2D eigenvalue weighted by Crippen LogP contribution is -2.27. The lowest BCUT2D eigenvalue weighted by molar-refractivity contribution is 0.0949. The van der Waals surface area contributed by atoms with Crippen LogP contribution in [0.2, 0.25) is 0 Å². The van der Waals surface area contributed by atoms with Gasteiger partial charge in [0.05, 0.1) is 5.56 Å². The predicted molar refractivity (Wildman–Crippen MR) is 80.7 cm³/mol. The Morgan fingerprint density at radius 1 is 1.04 bits per heavy atom. The number of aromatic nitrogens is 1. The zero-order valence-corrected chi connectivity index (χ0v) is 12.0. The molecule has 6 heteroatoms. The molecule has 0 spiro atoms. The third kappa shape index (κ3) is 3.06. The van der Waals surface area contributed by atoms with Gasteiger partial charge in [-0.15, -0.1) is 0 Å². The van der Waals surface area contributed by atoms with E-state index in [0.29, 0.717) is 6.42 Å². The minimum atomic E-state index is -1.64.